The summed E-state index contributed by atoms with van der Waals surface area (Å²) in [4.78, 5) is 16.0. The first kappa shape index (κ1) is 14.7. The average Bonchev–Trinajstić information content (AvgIpc) is 3.18. The van der Waals surface area contributed by atoms with Crippen LogP contribution in [0.25, 0.3) is 0 Å². The Morgan fingerprint density at radius 1 is 1.32 bits per heavy atom. The van der Waals surface area contributed by atoms with Crippen LogP contribution in [0.15, 0.2) is 46.9 Å². The first-order valence-electron chi connectivity index (χ1n) is 6.50. The largest absolute Gasteiger partial charge is 0.269 e. The highest BCUT2D eigenvalue weighted by atomic mass is 32.2. The maximum atomic E-state index is 10.8. The number of thiophene rings is 1. The molecule has 0 fully saturated rings. The molecule has 0 aliphatic heterocycles. The molecule has 3 aromatic rings. The number of hydrogen-bond donors (Lipinski definition) is 1. The lowest BCUT2D eigenvalue weighted by molar-refractivity contribution is -0.384. The summed E-state index contributed by atoms with van der Waals surface area (Å²) in [7, 11) is 0. The lowest BCUT2D eigenvalue weighted by atomic mass is 10.2. The Kier molecular flexibility index (Phi) is 4.50. The number of aromatic nitrogens is 3. The number of non-ortho nitro benzene ring substituents is 1. The van der Waals surface area contributed by atoms with Gasteiger partial charge in [-0.2, -0.15) is 0 Å². The third kappa shape index (κ3) is 3.71. The summed E-state index contributed by atoms with van der Waals surface area (Å²) in [5.41, 5.74) is 0.982. The van der Waals surface area contributed by atoms with Crippen molar-refractivity contribution in [2.24, 2.45) is 0 Å². The van der Waals surface area contributed by atoms with Gasteiger partial charge in [-0.25, -0.2) is 4.98 Å². The molecule has 0 atom stereocenters. The fourth-order valence-corrected chi connectivity index (χ4v) is 3.38. The molecule has 0 unspecified atom stereocenters. The molecule has 0 amide bonds. The fourth-order valence-electron chi connectivity index (χ4n) is 1.91. The van der Waals surface area contributed by atoms with Crippen LogP contribution in [0.3, 0.4) is 0 Å². The molecule has 0 saturated carbocycles. The first-order valence-corrected chi connectivity index (χ1v) is 8.37. The Morgan fingerprint density at radius 3 is 3.00 bits per heavy atom. The summed E-state index contributed by atoms with van der Waals surface area (Å²) in [6.45, 7) is 0. The van der Waals surface area contributed by atoms with Crippen LogP contribution >= 0.6 is 23.1 Å². The van der Waals surface area contributed by atoms with Crippen LogP contribution in [0.4, 0.5) is 5.69 Å². The van der Waals surface area contributed by atoms with Gasteiger partial charge in [-0.3, -0.25) is 15.2 Å². The van der Waals surface area contributed by atoms with Crippen molar-refractivity contribution in [2.45, 2.75) is 17.3 Å². The van der Waals surface area contributed by atoms with Gasteiger partial charge in [-0.15, -0.1) is 16.4 Å². The number of nitro benzene ring substituents is 1. The van der Waals surface area contributed by atoms with E-state index in [1.165, 1.54) is 22.7 Å². The van der Waals surface area contributed by atoms with Crippen molar-refractivity contribution in [2.75, 3.05) is 0 Å². The summed E-state index contributed by atoms with van der Waals surface area (Å²) < 4.78 is 0. The van der Waals surface area contributed by atoms with E-state index in [0.717, 1.165) is 17.8 Å². The van der Waals surface area contributed by atoms with Gasteiger partial charge < -0.3 is 0 Å². The van der Waals surface area contributed by atoms with E-state index >= 15 is 0 Å². The lowest BCUT2D eigenvalue weighted by Gasteiger charge is -1.98. The van der Waals surface area contributed by atoms with Crippen molar-refractivity contribution in [3.05, 3.63) is 68.2 Å². The third-order valence-corrected chi connectivity index (χ3v) is 4.72. The van der Waals surface area contributed by atoms with Crippen LogP contribution in [-0.2, 0) is 12.2 Å². The smallest absolute Gasteiger partial charge is 0.262 e. The predicted molar refractivity (Wildman–Crippen MR) is 86.2 cm³/mol. The molecule has 1 aromatic carbocycles. The standard InChI is InChI=1S/C14H12N4O2S2/c19-18(20)11-4-1-3-10(7-11)9-22-14-15-13(16-17-14)8-12-5-2-6-21-12/h1-7H,8-9H2,(H,15,16,17). The molecule has 3 rings (SSSR count). The molecule has 112 valence electrons. The van der Waals surface area contributed by atoms with E-state index in [1.807, 2.05) is 17.5 Å². The van der Waals surface area contributed by atoms with Gasteiger partial charge in [0.25, 0.3) is 5.69 Å². The molecular weight excluding hydrogens is 320 g/mol. The van der Waals surface area contributed by atoms with Crippen molar-refractivity contribution < 1.29 is 4.92 Å². The highest BCUT2D eigenvalue weighted by Crippen LogP contribution is 2.22. The Labute approximate surface area is 134 Å². The number of nitrogens with one attached hydrogen (secondary N) is 1. The number of nitro groups is 1. The van der Waals surface area contributed by atoms with Gasteiger partial charge in [0.2, 0.25) is 5.16 Å². The molecule has 6 nitrogen and oxygen atoms in total. The maximum absolute atomic E-state index is 10.8. The van der Waals surface area contributed by atoms with E-state index in [2.05, 4.69) is 21.2 Å². The summed E-state index contributed by atoms with van der Waals surface area (Å²) in [6.07, 6.45) is 0.738. The molecule has 22 heavy (non-hydrogen) atoms. The third-order valence-electron chi connectivity index (χ3n) is 2.92. The van der Waals surface area contributed by atoms with E-state index in [0.29, 0.717) is 10.9 Å². The Morgan fingerprint density at radius 2 is 2.23 bits per heavy atom. The molecule has 1 N–H and O–H groups in total. The highest BCUT2D eigenvalue weighted by molar-refractivity contribution is 7.98. The first-order chi connectivity index (χ1) is 10.7. The van der Waals surface area contributed by atoms with E-state index in [4.69, 9.17) is 0 Å². The second-order valence-electron chi connectivity index (χ2n) is 4.54. The molecule has 0 aliphatic rings. The molecule has 0 radical (unpaired) electrons. The number of H-pyrrole nitrogens is 1. The lowest BCUT2D eigenvalue weighted by Crippen LogP contribution is -1.89. The van der Waals surface area contributed by atoms with Gasteiger partial charge in [-0.05, 0) is 17.0 Å². The van der Waals surface area contributed by atoms with Crippen molar-refractivity contribution in [3.63, 3.8) is 0 Å². The highest BCUT2D eigenvalue weighted by Gasteiger charge is 2.08. The molecule has 0 aliphatic carbocycles. The van der Waals surface area contributed by atoms with Gasteiger partial charge in [0.15, 0.2) is 0 Å². The molecular formula is C14H12N4O2S2. The fraction of sp³-hybridized carbons (Fsp3) is 0.143. The number of benzene rings is 1. The van der Waals surface area contributed by atoms with Crippen LogP contribution in [0.1, 0.15) is 16.3 Å². The SMILES string of the molecule is O=[N+]([O-])c1cccc(CSc2n[nH]c(Cc3cccs3)n2)c1. The molecule has 0 spiro atoms. The van der Waals surface area contributed by atoms with E-state index in [-0.39, 0.29) is 10.6 Å². The van der Waals surface area contributed by atoms with E-state index in [9.17, 15) is 10.1 Å². The van der Waals surface area contributed by atoms with Gasteiger partial charge in [0, 0.05) is 29.2 Å². The van der Waals surface area contributed by atoms with Gasteiger partial charge in [0.1, 0.15) is 5.82 Å². The average molecular weight is 332 g/mol. The van der Waals surface area contributed by atoms with Crippen LogP contribution in [0.5, 0.6) is 0 Å². The van der Waals surface area contributed by atoms with Crippen molar-refractivity contribution in [1.29, 1.82) is 0 Å². The minimum absolute atomic E-state index is 0.103. The molecule has 0 saturated heterocycles. The van der Waals surface area contributed by atoms with Crippen LogP contribution < -0.4 is 0 Å². The predicted octanol–water partition coefficient (Wildman–Crippen LogP) is 3.66. The minimum Gasteiger partial charge on any atom is -0.262 e. The van der Waals surface area contributed by atoms with Crippen LogP contribution in [-0.4, -0.2) is 20.1 Å². The summed E-state index contributed by atoms with van der Waals surface area (Å²) in [6, 6.07) is 10.7. The topological polar surface area (TPSA) is 84.7 Å². The van der Waals surface area contributed by atoms with Crippen molar-refractivity contribution in [1.82, 2.24) is 15.2 Å². The zero-order valence-electron chi connectivity index (χ0n) is 11.4. The number of rotatable bonds is 6. The summed E-state index contributed by atoms with van der Waals surface area (Å²) in [5, 5.41) is 20.5. The van der Waals surface area contributed by atoms with Crippen molar-refractivity contribution >= 4 is 28.8 Å². The number of aromatic amines is 1. The van der Waals surface area contributed by atoms with Crippen molar-refractivity contribution in [3.8, 4) is 0 Å². The van der Waals surface area contributed by atoms with Gasteiger partial charge in [0.05, 0.1) is 4.92 Å². The molecule has 2 aromatic heterocycles. The summed E-state index contributed by atoms with van der Waals surface area (Å²) in [5.74, 6) is 1.42. The Bertz CT molecular complexity index is 771. The monoisotopic (exact) mass is 332 g/mol. The van der Waals surface area contributed by atoms with E-state index in [1.54, 1.807) is 23.5 Å². The van der Waals surface area contributed by atoms with Gasteiger partial charge >= 0.3 is 0 Å². The number of nitrogens with zero attached hydrogens (tertiary/aromatic N) is 3. The van der Waals surface area contributed by atoms with Crippen LogP contribution in [0.2, 0.25) is 0 Å². The second-order valence-corrected chi connectivity index (χ2v) is 6.51. The number of hydrogen-bond acceptors (Lipinski definition) is 6. The zero-order chi connectivity index (χ0) is 15.4. The quantitative estimate of drug-likeness (QED) is 0.423. The molecule has 8 heteroatoms. The summed E-state index contributed by atoms with van der Waals surface area (Å²) >= 11 is 3.14. The van der Waals surface area contributed by atoms with E-state index < -0.39 is 0 Å². The Balaban J connectivity index is 1.61. The maximum Gasteiger partial charge on any atom is 0.269 e. The zero-order valence-corrected chi connectivity index (χ0v) is 13.1. The van der Waals surface area contributed by atoms with Gasteiger partial charge in [-0.1, -0.05) is 30.0 Å². The minimum atomic E-state index is -0.389. The normalized spacial score (nSPS) is 10.7. The molecule has 2 heterocycles. The Hall–Kier alpha value is -2.19. The van der Waals surface area contributed by atoms with Crippen LogP contribution in [0, 0.1) is 10.1 Å². The number of thioether (sulfide) groups is 1. The second kappa shape index (κ2) is 6.71. The molecule has 0 bridgehead atoms.